The van der Waals surface area contributed by atoms with Crippen LogP contribution < -0.4 is 9.80 Å². The van der Waals surface area contributed by atoms with Crippen molar-refractivity contribution in [1.82, 2.24) is 19.6 Å². The Morgan fingerprint density at radius 3 is 1.00 bits per heavy atom. The van der Waals surface area contributed by atoms with E-state index in [2.05, 4.69) is 196 Å². The van der Waals surface area contributed by atoms with Crippen molar-refractivity contribution in [2.24, 2.45) is 0 Å². The van der Waals surface area contributed by atoms with E-state index in [0.29, 0.717) is 25.9 Å². The van der Waals surface area contributed by atoms with Gasteiger partial charge in [-0.25, -0.2) is 42.1 Å². The average Bonchev–Trinajstić information content (AvgIpc) is 1.83. The molecule has 2 atom stereocenters. The molecular weight excluding hydrogens is 2020 g/mol. The van der Waals surface area contributed by atoms with Crippen molar-refractivity contribution in [2.75, 3.05) is 263 Å². The van der Waals surface area contributed by atoms with Crippen LogP contribution in [0.3, 0.4) is 0 Å². The largest absolute Gasteiger partial charge is 0.726 e. The third kappa shape index (κ3) is 76.7. The Balaban J connectivity index is -0.000000712. The molecule has 0 aliphatic carbocycles. The number of hydrogen-bond acceptors (Lipinski definition) is 23. The number of methoxy groups -OCH3 is 2. The van der Waals surface area contributed by atoms with E-state index < -0.39 is 104 Å². The van der Waals surface area contributed by atoms with Crippen LogP contribution in [0.25, 0.3) is 0 Å². The zero-order valence-electron chi connectivity index (χ0n) is 91.2. The maximum atomic E-state index is 10.3. The monoisotopic (exact) mass is 2230 g/mol. The molecule has 38 heteroatoms. The number of likely N-dealkylation sites (tertiary alicyclic amines) is 2. The molecule has 2 unspecified atom stereocenters. The molecule has 6 heterocycles. The van der Waals surface area contributed by atoms with Crippen molar-refractivity contribution in [1.29, 1.82) is 0 Å². The molecule has 0 bridgehead atoms. The predicted molar refractivity (Wildman–Crippen MR) is 587 cm³/mol. The van der Waals surface area contributed by atoms with Gasteiger partial charge in [-0.15, -0.1) is 0 Å². The van der Waals surface area contributed by atoms with Crippen molar-refractivity contribution < 1.29 is 101 Å². The second-order valence-electron chi connectivity index (χ2n) is 38.7. The molecule has 0 saturated carbocycles. The van der Waals surface area contributed by atoms with Crippen molar-refractivity contribution in [3.05, 3.63) is 24.8 Å². The van der Waals surface area contributed by atoms with Gasteiger partial charge in [0.05, 0.1) is 203 Å². The second-order valence-corrected chi connectivity index (χ2v) is 80.7. The van der Waals surface area contributed by atoms with E-state index in [1.54, 1.807) is 133 Å². The minimum Gasteiger partial charge on any atom is -0.726 e. The van der Waals surface area contributed by atoms with Gasteiger partial charge in [-0.1, -0.05) is 76.2 Å². The van der Waals surface area contributed by atoms with E-state index in [0.717, 1.165) is 48.2 Å². The van der Waals surface area contributed by atoms with Crippen LogP contribution in [0.4, 0.5) is 0 Å². The summed E-state index contributed by atoms with van der Waals surface area (Å²) in [6.07, 6.45) is 49.2. The molecule has 0 radical (unpaired) electrons. The van der Waals surface area contributed by atoms with Crippen LogP contribution in [0.1, 0.15) is 279 Å². The van der Waals surface area contributed by atoms with E-state index in [9.17, 15) is 64.9 Å². The van der Waals surface area contributed by atoms with Gasteiger partial charge >= 0.3 is 110 Å². The molecule has 0 aromatic rings. The Morgan fingerprint density at radius 2 is 0.770 bits per heavy atom. The Morgan fingerprint density at radius 1 is 0.415 bits per heavy atom. The summed E-state index contributed by atoms with van der Waals surface area (Å²) in [5, 5.41) is 11.1. The van der Waals surface area contributed by atoms with Crippen LogP contribution in [-0.2, 0) is 90.8 Å². The minimum atomic E-state index is -4.68. The van der Waals surface area contributed by atoms with E-state index in [-0.39, 0.29) is 31.5 Å². The second kappa shape index (κ2) is 82.5. The first-order valence-corrected chi connectivity index (χ1v) is 79.3. The smallest absolute Gasteiger partial charge is 0.217 e. The third-order valence-corrected chi connectivity index (χ3v) is 71.4. The molecule has 0 spiro atoms. The normalized spacial score (nSPS) is 16.8. The Labute approximate surface area is 848 Å². The fraction of sp³-hybridized carbons (Fsp3) is 0.959. The van der Waals surface area contributed by atoms with Gasteiger partial charge in [-0.3, -0.25) is 8.37 Å². The molecule has 27 nitrogen and oxygen atoms in total. The zero-order chi connectivity index (χ0) is 104. The summed E-state index contributed by atoms with van der Waals surface area (Å²) in [6.45, 7) is 64.6. The van der Waals surface area contributed by atoms with E-state index >= 15 is 0 Å². The van der Waals surface area contributed by atoms with Gasteiger partial charge in [0.15, 0.2) is 0 Å². The summed E-state index contributed by atoms with van der Waals surface area (Å²) >= 11 is -2.38. The molecule has 6 aliphatic rings. The fourth-order valence-electron chi connectivity index (χ4n) is 18.7. The van der Waals surface area contributed by atoms with Crippen molar-refractivity contribution in [3.63, 3.8) is 0 Å². The minimum absolute atomic E-state index is 0.111. The summed E-state index contributed by atoms with van der Waals surface area (Å²) < 4.78 is 169. The molecule has 0 amide bonds. The molecule has 4 saturated heterocycles. The summed E-state index contributed by atoms with van der Waals surface area (Å²) in [5.74, 6) is 8.10. The summed E-state index contributed by atoms with van der Waals surface area (Å²) in [6, 6.07) is 0. The Bertz CT molecular complexity index is 3280. The van der Waals surface area contributed by atoms with Gasteiger partial charge in [-0.05, 0) is 145 Å². The Kier molecular flexibility index (Phi) is 86.7. The van der Waals surface area contributed by atoms with Crippen molar-refractivity contribution >= 4 is 115 Å². The first kappa shape index (κ1) is 142. The van der Waals surface area contributed by atoms with Crippen molar-refractivity contribution in [2.45, 2.75) is 332 Å². The van der Waals surface area contributed by atoms with Crippen LogP contribution in [0.5, 0.6) is 0 Å². The van der Waals surface area contributed by atoms with Gasteiger partial charge in [0.25, 0.3) is 0 Å². The van der Waals surface area contributed by atoms with Gasteiger partial charge in [0.2, 0.25) is 20.8 Å². The number of quaternary nitrogens is 4. The molecule has 135 heavy (non-hydrogen) atoms. The molecule has 4 fully saturated rings. The van der Waals surface area contributed by atoms with Crippen LogP contribution >= 0.6 is 14.5 Å². The summed E-state index contributed by atoms with van der Waals surface area (Å²) in [5.41, 5.74) is 0. The molecule has 2 N–H and O–H groups in total. The Hall–Kier alpha value is 0.587. The van der Waals surface area contributed by atoms with E-state index in [4.69, 9.17) is 4.74 Å². The summed E-state index contributed by atoms with van der Waals surface area (Å²) in [4.78, 5) is 12.7. The predicted octanol–water partition coefficient (Wildman–Crippen LogP) is 16.1. The van der Waals surface area contributed by atoms with Gasteiger partial charge in [0, 0.05) is 132 Å². The van der Waals surface area contributed by atoms with E-state index in [1.165, 1.54) is 237 Å². The summed E-state index contributed by atoms with van der Waals surface area (Å²) in [7, 11) is -9.76. The number of nitrogens with zero attached hydrogens (tertiary/aromatic N) is 6. The SMILES string of the molecule is C1CC[S+](CCC[S+]2CCCC2)C1.CCC(COS(=O)(=O)[O-])OC.CCC(CS(=O)(=O)[O-])S(=O)(=O)[O-].CCCS(=O)(=O)[O-].CCC[NH+](CCC)CC[NH+](CCC)CCC.CCC[P+](CC)(CCC)CC[P+](CC)(CCC)CCC.CC[As+](CC)(CC)CC[As+](CC)(CC)CC.CN1C=CN(CCCN2C=CN(C)C2)C1.COCCCOS(=O)(=O)[O-].C[N+]1(CCC[N+]2(C)CCCC2)CCCC1. The average molecular weight is 2230 g/mol. The van der Waals surface area contributed by atoms with Gasteiger partial charge in [-0.2, -0.15) is 0 Å². The van der Waals surface area contributed by atoms with Crippen molar-refractivity contribution in [3.8, 4) is 0 Å². The molecule has 6 aliphatic heterocycles. The maximum absolute atomic E-state index is 10.3. The first-order valence-electron chi connectivity index (χ1n) is 52.8. The quantitative estimate of drug-likeness (QED) is 0.0109. The topological polar surface area (TPSA) is 345 Å². The first-order chi connectivity index (χ1) is 63.5. The van der Waals surface area contributed by atoms with Crippen LogP contribution in [0, 0.1) is 0 Å². The number of nitrogens with one attached hydrogen (secondary N) is 2. The van der Waals surface area contributed by atoms with Crippen LogP contribution in [0.2, 0.25) is 41.7 Å². The standard InChI is InChI=1S/C18H42P2.C14H34As2.C14H32N2.C13H28N2.C11H20N4.C11H22S2.C5H12O5S.C4H10O6S2.C4H10O5S.C3H8O3S/c1-7-13-19(11-5,14-8-2)17-18-20(12-6,15-9-3)16-10-4;1-7-15(8-2,9-3)13-14-16(10-4,11-5)12-6;1-5-9-15(10-6-2)13-14-16(11-7-3)12-8-4;1-14(8-3-4-9-14)12-7-13-15(2)10-5-6-11-15;1-12-6-8-14(10-12)4-3-5-15-9-7-13(2)11-15;1-2-7-12(6-1)10-5-11-13-8-3-4-9-13;1-3-5(9-2)4-10-11(6,7)8;1-2-4(12(8,9)10)3-11(5,6)7;1-8-3-2-4-9-10(5,6)7;1-2-3-7(4,5)6/h7-18H2,1-6H3;7-14H2,1-6H3;5-14H2,1-4H3;3-13H2,1-2H3;6-9H,3-5,10-11H2,1-2H3;1-11H2;5H,3-4H2,1-2H3,(H,6,7,8);4H,2-3H2,1H3,(H,5,6,7)(H,8,9,10);2-4H2,1H3,(H,5,6,7);2-3H2,1H3,(H,4,5,6)/q2*+2;;+2;;+2;;;;/p-3. The zero-order valence-corrected chi connectivity index (χ0v) is 102. The maximum Gasteiger partial charge on any atom is 0.217 e. The number of ether oxygens (including phenoxy) is 2. The molecule has 6 rings (SSSR count). The molecule has 0 aromatic heterocycles. The molecule has 0 aromatic carbocycles. The third-order valence-electron chi connectivity index (χ3n) is 27.7. The van der Waals surface area contributed by atoms with Crippen LogP contribution in [-0.4, -0.2) is 394 Å². The van der Waals surface area contributed by atoms with Gasteiger partial charge in [0.1, 0.15) is 47.6 Å². The number of rotatable bonds is 61. The number of hydrogen-bond donors (Lipinski definition) is 2. The molecule has 814 valence electrons. The van der Waals surface area contributed by atoms with E-state index in [1.807, 2.05) is 9.80 Å². The fourth-order valence-corrected chi connectivity index (χ4v) is 58.1. The van der Waals surface area contributed by atoms with Crippen LogP contribution in [0.15, 0.2) is 24.8 Å². The van der Waals surface area contributed by atoms with Gasteiger partial charge < -0.3 is 70.6 Å². The molecular formula is C97H215As2N8O19P2S7+5.